The molecular weight excluding hydrogens is 861 g/mol. The predicted molar refractivity (Wildman–Crippen MR) is 270 cm³/mol. The lowest BCUT2D eigenvalue weighted by molar-refractivity contribution is 0.127. The highest BCUT2D eigenvalue weighted by Crippen LogP contribution is 2.38. The first-order valence-electron chi connectivity index (χ1n) is 23.2. The second-order valence-electron chi connectivity index (χ2n) is 17.5. The van der Waals surface area contributed by atoms with Crippen molar-refractivity contribution in [3.8, 4) is 23.1 Å². The number of nitrogens with two attached hydrogens (primary N) is 2. The number of nitrogens with one attached hydrogen (secondary N) is 2. The first kappa shape index (κ1) is 53.9. The molecule has 2 aliphatic rings. The van der Waals surface area contributed by atoms with Gasteiger partial charge in [-0.25, -0.2) is 19.0 Å². The summed E-state index contributed by atoms with van der Waals surface area (Å²) in [6.07, 6.45) is 3.07. The van der Waals surface area contributed by atoms with E-state index in [1.807, 2.05) is 100 Å². The molecule has 15 nitrogen and oxygen atoms in total. The van der Waals surface area contributed by atoms with Crippen LogP contribution in [0.25, 0.3) is 11.4 Å². The van der Waals surface area contributed by atoms with Crippen LogP contribution in [0.5, 0.6) is 11.8 Å². The van der Waals surface area contributed by atoms with Gasteiger partial charge in [0.1, 0.15) is 18.2 Å². The Kier molecular flexibility index (Phi) is 20.2. The van der Waals surface area contributed by atoms with E-state index in [9.17, 15) is 19.8 Å². The molecule has 2 aromatic heterocycles. The zero-order valence-electron chi connectivity index (χ0n) is 41.4. The van der Waals surface area contributed by atoms with Gasteiger partial charge < -0.3 is 35.9 Å². The number of aliphatic hydroxyl groups is 2. The Bertz CT molecular complexity index is 2440. The number of nitrogens with zero attached hydrogens (tertiary/aromatic N) is 4. The molecule has 366 valence electrons. The van der Waals surface area contributed by atoms with E-state index < -0.39 is 12.1 Å². The van der Waals surface area contributed by atoms with E-state index in [1.165, 1.54) is 22.3 Å². The highest BCUT2D eigenvalue weighted by atomic mass is 16.5. The molecule has 8 N–H and O–H groups in total. The van der Waals surface area contributed by atoms with Crippen molar-refractivity contribution in [2.75, 3.05) is 37.6 Å². The largest absolute Gasteiger partial charge is 0.477 e. The molecule has 0 saturated heterocycles. The second kappa shape index (κ2) is 25.5. The number of aliphatic hydroxyl groups excluding tert-OH is 2. The second-order valence-corrected chi connectivity index (χ2v) is 17.5. The average molecular weight is 933 g/mol. The SMILES string of the molecule is CC.CC1(C)CC(O)Cc2ccccc21.CC1(C)CC(O)Cc2ccccc21.CCOc1nn(-c2ccccc2)c(NC(N)=O)c1C.COCCOc1nn(-c2ccccc2)c(NC(N)=O)c1C. The highest BCUT2D eigenvalue weighted by molar-refractivity contribution is 5.89. The smallest absolute Gasteiger partial charge is 0.317 e. The molecular formula is C53H72N8O7. The first-order valence-corrected chi connectivity index (χ1v) is 23.2. The van der Waals surface area contributed by atoms with Gasteiger partial charge in [0.05, 0.1) is 47.9 Å². The van der Waals surface area contributed by atoms with Crippen molar-refractivity contribution in [1.29, 1.82) is 0 Å². The summed E-state index contributed by atoms with van der Waals surface area (Å²) in [5.41, 5.74) is 19.2. The van der Waals surface area contributed by atoms with Crippen LogP contribution in [0.15, 0.2) is 109 Å². The van der Waals surface area contributed by atoms with E-state index in [0.717, 1.165) is 42.6 Å². The molecule has 68 heavy (non-hydrogen) atoms. The topological polar surface area (TPSA) is 214 Å². The first-order chi connectivity index (χ1) is 32.4. The molecule has 2 heterocycles. The van der Waals surface area contributed by atoms with Gasteiger partial charge in [0, 0.05) is 7.11 Å². The van der Waals surface area contributed by atoms with Gasteiger partial charge in [-0.1, -0.05) is 126 Å². The third-order valence-electron chi connectivity index (χ3n) is 11.3. The molecule has 0 saturated carbocycles. The van der Waals surface area contributed by atoms with Crippen LogP contribution in [0.3, 0.4) is 0 Å². The molecule has 8 rings (SSSR count). The number of primary amides is 2. The van der Waals surface area contributed by atoms with Crippen LogP contribution in [-0.4, -0.2) is 81.0 Å². The maximum Gasteiger partial charge on any atom is 0.317 e. The van der Waals surface area contributed by atoms with Crippen molar-refractivity contribution in [2.45, 2.75) is 111 Å². The lowest BCUT2D eigenvalue weighted by Gasteiger charge is -2.35. The van der Waals surface area contributed by atoms with Crippen molar-refractivity contribution in [3.05, 3.63) is 143 Å². The van der Waals surface area contributed by atoms with Crippen molar-refractivity contribution in [3.63, 3.8) is 0 Å². The average Bonchev–Trinajstić information content (AvgIpc) is 3.78. The standard InChI is InChI=1S/C14H18N4O3.C13H16N4O2.2C12H16O.C2H6/c1-10-12(16-14(15)19)18(11-6-4-3-5-7-11)17-13(10)21-9-8-20-2;1-3-19-12-9(2)11(15-13(14)18)17(16-12)10-7-5-4-6-8-10;2*1-12(2)8-10(13)7-9-5-3-4-6-11(9)12;1-2/h3-7H,8-9H2,1-2H3,(H3,15,16,19);4-8H,3H2,1-2H3,(H3,14,15,18);2*3-6,10,13H,7-8H2,1-2H3;1-2H3. The van der Waals surface area contributed by atoms with Gasteiger partial charge in [0.2, 0.25) is 11.8 Å². The summed E-state index contributed by atoms with van der Waals surface area (Å²) in [4.78, 5) is 22.3. The Morgan fingerprint density at radius 1 is 0.632 bits per heavy atom. The maximum atomic E-state index is 11.2. The number of fused-ring (bicyclic) bond motifs is 2. The van der Waals surface area contributed by atoms with E-state index >= 15 is 0 Å². The fourth-order valence-electron chi connectivity index (χ4n) is 8.39. The zero-order valence-corrected chi connectivity index (χ0v) is 41.4. The summed E-state index contributed by atoms with van der Waals surface area (Å²) in [6, 6.07) is 34.4. The molecule has 2 unspecified atom stereocenters. The lowest BCUT2D eigenvalue weighted by Crippen LogP contribution is -2.32. The molecule has 4 aromatic carbocycles. The Balaban J connectivity index is 0.000000199. The van der Waals surface area contributed by atoms with Gasteiger partial charge in [0.25, 0.3) is 0 Å². The molecule has 0 aliphatic heterocycles. The number of para-hydroxylation sites is 2. The minimum atomic E-state index is -0.654. The quantitative estimate of drug-likeness (QED) is 0.0721. The Labute approximate surface area is 401 Å². The van der Waals surface area contributed by atoms with Gasteiger partial charge in [-0.2, -0.15) is 0 Å². The Morgan fingerprint density at radius 2 is 1.00 bits per heavy atom. The monoisotopic (exact) mass is 933 g/mol. The molecule has 0 bridgehead atoms. The van der Waals surface area contributed by atoms with E-state index in [4.69, 9.17) is 25.7 Å². The van der Waals surface area contributed by atoms with Gasteiger partial charge in [-0.15, -0.1) is 10.2 Å². The lowest BCUT2D eigenvalue weighted by atomic mass is 9.72. The number of benzene rings is 4. The molecule has 6 aromatic rings. The molecule has 4 amide bonds. The van der Waals surface area contributed by atoms with Gasteiger partial charge in [0.15, 0.2) is 0 Å². The fraction of sp³-hybridized carbons (Fsp3) is 0.396. The highest BCUT2D eigenvalue weighted by Gasteiger charge is 2.32. The van der Waals surface area contributed by atoms with Crippen LogP contribution >= 0.6 is 0 Å². The van der Waals surface area contributed by atoms with Crippen LogP contribution < -0.4 is 31.6 Å². The maximum absolute atomic E-state index is 11.2. The number of carbonyl (C=O) groups is 2. The number of methoxy groups -OCH3 is 1. The number of amides is 4. The Morgan fingerprint density at radius 3 is 1.37 bits per heavy atom. The van der Waals surface area contributed by atoms with Crippen LogP contribution in [0.4, 0.5) is 21.2 Å². The number of hydrogen-bond donors (Lipinski definition) is 6. The van der Waals surface area contributed by atoms with Gasteiger partial charge in [-0.3, -0.25) is 10.6 Å². The third-order valence-corrected chi connectivity index (χ3v) is 11.3. The molecule has 15 heteroatoms. The number of carbonyl (C=O) groups excluding carboxylic acids is 2. The fourth-order valence-corrected chi connectivity index (χ4v) is 8.39. The molecule has 2 aliphatic carbocycles. The van der Waals surface area contributed by atoms with E-state index in [1.54, 1.807) is 23.4 Å². The molecule has 0 fully saturated rings. The zero-order chi connectivity index (χ0) is 50.0. The number of urea groups is 2. The van der Waals surface area contributed by atoms with E-state index in [-0.39, 0.29) is 23.0 Å². The van der Waals surface area contributed by atoms with Crippen LogP contribution in [0.2, 0.25) is 0 Å². The predicted octanol–water partition coefficient (Wildman–Crippen LogP) is 9.34. The number of ether oxygens (including phenoxy) is 3. The summed E-state index contributed by atoms with van der Waals surface area (Å²) in [7, 11) is 1.60. The number of anilines is 2. The number of rotatable bonds is 10. The van der Waals surface area contributed by atoms with Crippen LogP contribution in [-0.2, 0) is 28.4 Å². The summed E-state index contributed by atoms with van der Waals surface area (Å²) in [5.74, 6) is 1.91. The van der Waals surface area contributed by atoms with Gasteiger partial charge in [-0.05, 0) is 104 Å². The summed E-state index contributed by atoms with van der Waals surface area (Å²) in [6.45, 7) is 19.6. The van der Waals surface area contributed by atoms with Crippen molar-refractivity contribution in [1.82, 2.24) is 19.6 Å². The molecule has 2 atom stereocenters. The van der Waals surface area contributed by atoms with Crippen LogP contribution in [0.1, 0.15) is 94.7 Å². The van der Waals surface area contributed by atoms with Crippen LogP contribution in [0, 0.1) is 13.8 Å². The third kappa shape index (κ3) is 14.7. The van der Waals surface area contributed by atoms with Crippen molar-refractivity contribution < 1.29 is 34.0 Å². The normalized spacial score (nSPS) is 15.8. The molecule has 0 radical (unpaired) electrons. The summed E-state index contributed by atoms with van der Waals surface area (Å²) in [5, 5.41) is 33.3. The van der Waals surface area contributed by atoms with Crippen molar-refractivity contribution >= 4 is 23.7 Å². The Hall–Kier alpha value is -6.68. The summed E-state index contributed by atoms with van der Waals surface area (Å²) >= 11 is 0. The van der Waals surface area contributed by atoms with Crippen molar-refractivity contribution in [2.24, 2.45) is 11.5 Å². The van der Waals surface area contributed by atoms with Gasteiger partial charge >= 0.3 is 12.1 Å². The minimum absolute atomic E-state index is 0.133. The van der Waals surface area contributed by atoms with E-state index in [0.29, 0.717) is 48.8 Å². The number of aromatic nitrogens is 4. The minimum Gasteiger partial charge on any atom is -0.477 e. The molecule has 0 spiro atoms. The van der Waals surface area contributed by atoms with E-state index in [2.05, 4.69) is 84.9 Å². The number of hydrogen-bond acceptors (Lipinski definition) is 9. The summed E-state index contributed by atoms with van der Waals surface area (Å²) < 4.78 is 19.1.